The van der Waals surface area contributed by atoms with Crippen LogP contribution in [0.4, 0.5) is 0 Å². The highest BCUT2D eigenvalue weighted by Crippen LogP contribution is 2.45. The maximum atomic E-state index is 13.4. The predicted molar refractivity (Wildman–Crippen MR) is 138 cm³/mol. The number of esters is 1. The van der Waals surface area contributed by atoms with E-state index in [1.807, 2.05) is 45.0 Å². The van der Waals surface area contributed by atoms with Gasteiger partial charge in [0.2, 0.25) is 0 Å². The van der Waals surface area contributed by atoms with E-state index in [9.17, 15) is 19.8 Å². The van der Waals surface area contributed by atoms with Gasteiger partial charge in [0.15, 0.2) is 0 Å². The molecule has 2 aliphatic rings. The Kier molecular flexibility index (Phi) is 9.12. The molecule has 7 nitrogen and oxygen atoms in total. The molecule has 0 spiro atoms. The molecule has 0 aliphatic carbocycles. The molecule has 2 aliphatic heterocycles. The third-order valence-corrected chi connectivity index (χ3v) is 8.24. The number of ether oxygens (including phenoxy) is 2. The molecule has 3 heterocycles. The first-order valence-electron chi connectivity index (χ1n) is 13.3. The van der Waals surface area contributed by atoms with Crippen molar-refractivity contribution in [2.45, 2.75) is 110 Å². The van der Waals surface area contributed by atoms with Crippen molar-refractivity contribution < 1.29 is 29.3 Å². The quantitative estimate of drug-likeness (QED) is 0.464. The van der Waals surface area contributed by atoms with Crippen LogP contribution in [0.1, 0.15) is 85.8 Å². The average Bonchev–Trinajstić information content (AvgIpc) is 3.47. The van der Waals surface area contributed by atoms with Crippen molar-refractivity contribution in [1.82, 2.24) is 4.98 Å². The van der Waals surface area contributed by atoms with Gasteiger partial charge in [-0.25, -0.2) is 0 Å². The Hall–Kier alpha value is -2.09. The second-order valence-electron chi connectivity index (χ2n) is 11.5. The molecule has 3 rings (SSSR count). The van der Waals surface area contributed by atoms with Crippen molar-refractivity contribution in [3.8, 4) is 0 Å². The Labute approximate surface area is 215 Å². The molecule has 1 aromatic rings. The van der Waals surface area contributed by atoms with E-state index in [0.717, 1.165) is 30.5 Å². The number of aromatic nitrogens is 1. The number of ketones is 1. The molecule has 7 heteroatoms. The third kappa shape index (κ3) is 6.61. The fraction of sp³-hybridized carbons (Fsp3) is 0.690. The van der Waals surface area contributed by atoms with Gasteiger partial charge in [0, 0.05) is 18.5 Å². The summed E-state index contributed by atoms with van der Waals surface area (Å²) in [5.41, 5.74) is 0.0968. The molecular weight excluding hydrogens is 458 g/mol. The Morgan fingerprint density at radius 2 is 1.94 bits per heavy atom. The second kappa shape index (κ2) is 11.5. The number of carbonyl (C=O) groups is 2. The monoisotopic (exact) mass is 501 g/mol. The molecule has 2 N–H and O–H groups in total. The second-order valence-corrected chi connectivity index (χ2v) is 11.5. The summed E-state index contributed by atoms with van der Waals surface area (Å²) in [7, 11) is 0. The van der Waals surface area contributed by atoms with Crippen molar-refractivity contribution in [2.75, 3.05) is 0 Å². The van der Waals surface area contributed by atoms with E-state index in [-0.39, 0.29) is 29.8 Å². The van der Waals surface area contributed by atoms with Gasteiger partial charge in [0.25, 0.3) is 0 Å². The van der Waals surface area contributed by atoms with E-state index in [1.165, 1.54) is 0 Å². The number of hydrogen-bond acceptors (Lipinski definition) is 7. The van der Waals surface area contributed by atoms with Crippen LogP contribution in [0.3, 0.4) is 0 Å². The molecule has 0 amide bonds. The molecule has 0 bridgehead atoms. The van der Waals surface area contributed by atoms with E-state index >= 15 is 0 Å². The maximum Gasteiger partial charge on any atom is 0.309 e. The van der Waals surface area contributed by atoms with Crippen molar-refractivity contribution in [3.63, 3.8) is 0 Å². The number of Topliss-reactive ketones (excluding diaryl/α,β-unsaturated/α-hetero) is 1. The minimum atomic E-state index is -1.23. The van der Waals surface area contributed by atoms with Gasteiger partial charge in [-0.3, -0.25) is 14.6 Å². The van der Waals surface area contributed by atoms with Gasteiger partial charge in [0.05, 0.1) is 41.4 Å². The van der Waals surface area contributed by atoms with Crippen LogP contribution in [0.5, 0.6) is 0 Å². The normalized spacial score (nSPS) is 36.6. The van der Waals surface area contributed by atoms with Gasteiger partial charge in [-0.15, -0.1) is 0 Å². The van der Waals surface area contributed by atoms with E-state index in [1.54, 1.807) is 20.0 Å². The molecule has 0 aromatic carbocycles. The minimum Gasteiger partial charge on any atom is -0.458 e. The zero-order chi connectivity index (χ0) is 26.7. The van der Waals surface area contributed by atoms with Gasteiger partial charge in [-0.2, -0.15) is 0 Å². The zero-order valence-corrected chi connectivity index (χ0v) is 22.6. The summed E-state index contributed by atoms with van der Waals surface area (Å²) in [6, 6.07) is 5.63. The number of cyclic esters (lactones) is 1. The van der Waals surface area contributed by atoms with Crippen molar-refractivity contribution in [2.24, 2.45) is 17.3 Å². The van der Waals surface area contributed by atoms with Gasteiger partial charge >= 0.3 is 5.97 Å². The van der Waals surface area contributed by atoms with Crippen LogP contribution in [0.15, 0.2) is 30.0 Å². The molecule has 0 saturated carbocycles. The maximum absolute atomic E-state index is 13.4. The SMILES string of the molecule is CC[C@@H]1C(=O)C(C)(C)[C@@H](O)CC(=O)O[C@H](C(C)=Cc2ccccn2)C[C@@H]2O[C@]2(C)CCC[C@H](C)C1O. The molecular formula is C29H43NO6. The van der Waals surface area contributed by atoms with Crippen LogP contribution < -0.4 is 0 Å². The summed E-state index contributed by atoms with van der Waals surface area (Å²) < 4.78 is 12.0. The van der Waals surface area contributed by atoms with Crippen LogP contribution >= 0.6 is 0 Å². The average molecular weight is 502 g/mol. The van der Waals surface area contributed by atoms with E-state index in [2.05, 4.69) is 11.9 Å². The lowest BCUT2D eigenvalue weighted by molar-refractivity contribution is -0.154. The number of aliphatic hydroxyl groups is 2. The number of fused-ring (bicyclic) bond motifs is 1. The van der Waals surface area contributed by atoms with Gasteiger partial charge in [-0.05, 0) is 62.8 Å². The first-order chi connectivity index (χ1) is 16.9. The van der Waals surface area contributed by atoms with Crippen molar-refractivity contribution >= 4 is 17.8 Å². The fourth-order valence-corrected chi connectivity index (χ4v) is 5.30. The number of nitrogens with zero attached hydrogens (tertiary/aromatic N) is 1. The van der Waals surface area contributed by atoms with Crippen LogP contribution in [0.2, 0.25) is 0 Å². The molecule has 7 atom stereocenters. The molecule has 2 saturated heterocycles. The first-order valence-corrected chi connectivity index (χ1v) is 13.3. The van der Waals surface area contributed by atoms with Crippen LogP contribution in [0, 0.1) is 17.3 Å². The summed E-state index contributed by atoms with van der Waals surface area (Å²) >= 11 is 0. The van der Waals surface area contributed by atoms with E-state index in [0.29, 0.717) is 12.8 Å². The first kappa shape index (κ1) is 28.5. The van der Waals surface area contributed by atoms with Crippen molar-refractivity contribution in [3.05, 3.63) is 35.7 Å². The van der Waals surface area contributed by atoms with Gasteiger partial charge in [0.1, 0.15) is 11.9 Å². The lowest BCUT2D eigenvalue weighted by Gasteiger charge is -2.35. The number of aliphatic hydroxyl groups excluding tert-OH is 2. The van der Waals surface area contributed by atoms with Crippen LogP contribution in [0.25, 0.3) is 6.08 Å². The fourth-order valence-electron chi connectivity index (χ4n) is 5.30. The molecule has 1 unspecified atom stereocenters. The molecule has 1 aromatic heterocycles. The zero-order valence-electron chi connectivity index (χ0n) is 22.6. The Bertz CT molecular complexity index is 944. The smallest absolute Gasteiger partial charge is 0.309 e. The minimum absolute atomic E-state index is 0.0538. The Morgan fingerprint density at radius 1 is 1.22 bits per heavy atom. The Balaban J connectivity index is 1.87. The Morgan fingerprint density at radius 3 is 2.58 bits per heavy atom. The van der Waals surface area contributed by atoms with E-state index in [4.69, 9.17) is 9.47 Å². The highest BCUT2D eigenvalue weighted by Gasteiger charge is 2.53. The molecule has 200 valence electrons. The summed E-state index contributed by atoms with van der Waals surface area (Å²) in [4.78, 5) is 30.8. The van der Waals surface area contributed by atoms with Crippen LogP contribution in [-0.2, 0) is 19.1 Å². The summed E-state index contributed by atoms with van der Waals surface area (Å²) in [5.74, 6) is -1.47. The molecule has 36 heavy (non-hydrogen) atoms. The number of rotatable bonds is 3. The topological polar surface area (TPSA) is 109 Å². The van der Waals surface area contributed by atoms with Crippen LogP contribution in [-0.4, -0.2) is 57.0 Å². The lowest BCUT2D eigenvalue weighted by atomic mass is 9.71. The van der Waals surface area contributed by atoms with E-state index < -0.39 is 35.6 Å². The number of epoxide rings is 1. The number of hydrogen-bond donors (Lipinski definition) is 2. The number of carbonyl (C=O) groups excluding carboxylic acids is 2. The highest BCUT2D eigenvalue weighted by atomic mass is 16.6. The summed E-state index contributed by atoms with van der Waals surface area (Å²) in [5, 5.41) is 22.0. The predicted octanol–water partition coefficient (Wildman–Crippen LogP) is 4.50. The molecule has 0 radical (unpaired) electrons. The summed E-state index contributed by atoms with van der Waals surface area (Å²) in [6.45, 7) is 11.1. The highest BCUT2D eigenvalue weighted by molar-refractivity contribution is 5.88. The lowest BCUT2D eigenvalue weighted by Crippen LogP contribution is -2.46. The standard InChI is InChI=1S/C29H43NO6/c1-7-21-26(33)18(2)11-10-13-29(6)24(36-29)16-22(19(3)15-20-12-8-9-14-30-20)35-25(32)17-23(31)28(4,5)27(21)34/h8-9,12,14-15,18,21-24,26,31,33H,7,10-11,13,16-17H2,1-6H3/t18-,21-,22-,23-,24-,26?,29+/m0/s1. The largest absolute Gasteiger partial charge is 0.458 e. The molecule has 2 fully saturated rings. The third-order valence-electron chi connectivity index (χ3n) is 8.24. The number of pyridine rings is 1. The summed E-state index contributed by atoms with van der Waals surface area (Å²) in [6.07, 6.45) is 4.11. The van der Waals surface area contributed by atoms with Gasteiger partial charge in [-0.1, -0.05) is 40.2 Å². The van der Waals surface area contributed by atoms with Crippen molar-refractivity contribution in [1.29, 1.82) is 0 Å². The van der Waals surface area contributed by atoms with Gasteiger partial charge < -0.3 is 19.7 Å².